The number of hydrogen-bond acceptors (Lipinski definition) is 3. The number of esters is 1. The molecule has 0 aliphatic heterocycles. The van der Waals surface area contributed by atoms with Crippen LogP contribution in [0.4, 0.5) is 0 Å². The summed E-state index contributed by atoms with van der Waals surface area (Å²) in [6.07, 6.45) is 16.1. The molecule has 0 saturated carbocycles. The fourth-order valence-electron chi connectivity index (χ4n) is 3.10. The van der Waals surface area contributed by atoms with E-state index in [9.17, 15) is 4.79 Å². The molecule has 0 heterocycles. The Balaban J connectivity index is 4.04. The Bertz CT molecular complexity index is 374. The maximum absolute atomic E-state index is 11.8. The first kappa shape index (κ1) is 26.6. The van der Waals surface area contributed by atoms with E-state index in [1.807, 2.05) is 0 Å². The Morgan fingerprint density at radius 3 is 1.70 bits per heavy atom. The molecule has 0 rings (SSSR count). The van der Waals surface area contributed by atoms with Gasteiger partial charge >= 0.3 is 5.97 Å². The molecule has 0 aromatic rings. The molecule has 0 aliphatic carbocycles. The lowest BCUT2D eigenvalue weighted by atomic mass is 10.0. The summed E-state index contributed by atoms with van der Waals surface area (Å²) in [7, 11) is -0.389. The third-order valence-corrected chi connectivity index (χ3v) is 10.6. The molecule has 4 heteroatoms. The van der Waals surface area contributed by atoms with Crippen LogP contribution in [-0.2, 0) is 14.0 Å². The van der Waals surface area contributed by atoms with Crippen molar-refractivity contribution in [2.24, 2.45) is 0 Å². The van der Waals surface area contributed by atoms with Crippen molar-refractivity contribution in [3.8, 4) is 0 Å². The minimum absolute atomic E-state index is 0.0110. The van der Waals surface area contributed by atoms with E-state index < -0.39 is 8.32 Å². The van der Waals surface area contributed by atoms with Crippen LogP contribution >= 0.6 is 0 Å². The highest BCUT2D eigenvalue weighted by Gasteiger charge is 2.39. The minimum Gasteiger partial charge on any atom is -0.469 e. The molecule has 3 nitrogen and oxygen atoms in total. The molecule has 0 bridgehead atoms. The number of carbonyl (C=O) groups excluding carboxylic acids is 1. The predicted octanol–water partition coefficient (Wildman–Crippen LogP) is 7.64. The Kier molecular flexibility index (Phi) is 14.4. The molecule has 27 heavy (non-hydrogen) atoms. The lowest BCUT2D eigenvalue weighted by Gasteiger charge is -2.39. The van der Waals surface area contributed by atoms with E-state index >= 15 is 0 Å². The van der Waals surface area contributed by atoms with Crippen molar-refractivity contribution in [3.05, 3.63) is 0 Å². The van der Waals surface area contributed by atoms with E-state index in [0.29, 0.717) is 6.42 Å². The normalized spacial score (nSPS) is 13.6. The van der Waals surface area contributed by atoms with E-state index in [2.05, 4.69) is 40.8 Å². The standard InChI is InChI=1S/C23H48O3Si/c1-8-9-10-11-12-13-14-15-16-17-18-19-21(20-22(24)25-5)26-27(6,7)23(2,3)4/h21H,8-20H2,1-7H3. The van der Waals surface area contributed by atoms with Gasteiger partial charge in [0.2, 0.25) is 0 Å². The Labute approximate surface area is 171 Å². The van der Waals surface area contributed by atoms with Crippen LogP contribution in [0.15, 0.2) is 0 Å². The van der Waals surface area contributed by atoms with E-state index in [-0.39, 0.29) is 17.1 Å². The molecule has 0 saturated heterocycles. The summed E-state index contributed by atoms with van der Waals surface area (Å²) >= 11 is 0. The monoisotopic (exact) mass is 400 g/mol. The summed E-state index contributed by atoms with van der Waals surface area (Å²) < 4.78 is 11.4. The molecule has 0 N–H and O–H groups in total. The van der Waals surface area contributed by atoms with Gasteiger partial charge in [-0.15, -0.1) is 0 Å². The summed E-state index contributed by atoms with van der Waals surface area (Å²) in [5.74, 6) is -0.151. The van der Waals surface area contributed by atoms with Crippen molar-refractivity contribution >= 4 is 14.3 Å². The summed E-state index contributed by atoms with van der Waals surface area (Å²) in [4.78, 5) is 11.8. The van der Waals surface area contributed by atoms with Gasteiger partial charge in [0.25, 0.3) is 0 Å². The van der Waals surface area contributed by atoms with Gasteiger partial charge in [0, 0.05) is 0 Å². The summed E-state index contributed by atoms with van der Waals surface area (Å²) in [5, 5.41) is 0.165. The van der Waals surface area contributed by atoms with Gasteiger partial charge in [-0.3, -0.25) is 4.79 Å². The summed E-state index contributed by atoms with van der Waals surface area (Å²) in [5.41, 5.74) is 0. The average Bonchev–Trinajstić information content (AvgIpc) is 2.58. The highest BCUT2D eigenvalue weighted by atomic mass is 28.4. The van der Waals surface area contributed by atoms with Gasteiger partial charge in [0.15, 0.2) is 8.32 Å². The van der Waals surface area contributed by atoms with Gasteiger partial charge < -0.3 is 9.16 Å². The van der Waals surface area contributed by atoms with Crippen molar-refractivity contribution < 1.29 is 14.0 Å². The SMILES string of the molecule is CCCCCCCCCCCCCC(CC(=O)OC)O[Si](C)(C)C(C)(C)C. The van der Waals surface area contributed by atoms with Gasteiger partial charge in [0.05, 0.1) is 19.6 Å². The van der Waals surface area contributed by atoms with Crippen LogP contribution in [0, 0.1) is 0 Å². The van der Waals surface area contributed by atoms with Gasteiger partial charge in [-0.1, -0.05) is 98.3 Å². The Morgan fingerprint density at radius 1 is 0.852 bits per heavy atom. The Morgan fingerprint density at radius 2 is 1.30 bits per heavy atom. The smallest absolute Gasteiger partial charge is 0.308 e. The lowest BCUT2D eigenvalue weighted by molar-refractivity contribution is -0.142. The third kappa shape index (κ3) is 13.5. The highest BCUT2D eigenvalue weighted by Crippen LogP contribution is 2.38. The first-order valence-corrected chi connectivity index (χ1v) is 14.3. The van der Waals surface area contributed by atoms with E-state index in [1.165, 1.54) is 71.3 Å². The number of ether oxygens (including phenoxy) is 1. The van der Waals surface area contributed by atoms with Gasteiger partial charge in [-0.2, -0.15) is 0 Å². The second-order valence-corrected chi connectivity index (χ2v) is 14.4. The van der Waals surface area contributed by atoms with Crippen LogP contribution < -0.4 is 0 Å². The maximum Gasteiger partial charge on any atom is 0.308 e. The molecule has 0 aliphatic rings. The number of methoxy groups -OCH3 is 1. The number of carbonyl (C=O) groups is 1. The first-order chi connectivity index (χ1) is 12.6. The first-order valence-electron chi connectivity index (χ1n) is 11.4. The zero-order valence-electron chi connectivity index (χ0n) is 19.5. The van der Waals surface area contributed by atoms with E-state index in [4.69, 9.17) is 9.16 Å². The molecule has 0 spiro atoms. The quantitative estimate of drug-likeness (QED) is 0.152. The van der Waals surface area contributed by atoms with Gasteiger partial charge in [0.1, 0.15) is 0 Å². The van der Waals surface area contributed by atoms with E-state index in [1.54, 1.807) is 0 Å². The molecule has 1 unspecified atom stereocenters. The topological polar surface area (TPSA) is 35.5 Å². The van der Waals surface area contributed by atoms with Crippen molar-refractivity contribution in [3.63, 3.8) is 0 Å². The zero-order chi connectivity index (χ0) is 20.8. The molecular weight excluding hydrogens is 352 g/mol. The van der Waals surface area contributed by atoms with Crippen LogP contribution in [-0.4, -0.2) is 27.5 Å². The molecule has 162 valence electrons. The van der Waals surface area contributed by atoms with Crippen LogP contribution in [0.25, 0.3) is 0 Å². The summed E-state index contributed by atoms with van der Waals surface area (Å²) in [6.45, 7) is 13.5. The minimum atomic E-state index is -1.86. The molecular formula is C23H48O3Si. The van der Waals surface area contributed by atoms with Crippen LogP contribution in [0.3, 0.4) is 0 Å². The predicted molar refractivity (Wildman–Crippen MR) is 120 cm³/mol. The average molecular weight is 401 g/mol. The van der Waals surface area contributed by atoms with Crippen LogP contribution in [0.2, 0.25) is 18.1 Å². The second-order valence-electron chi connectivity index (χ2n) is 9.60. The van der Waals surface area contributed by atoms with Crippen molar-refractivity contribution in [2.45, 2.75) is 135 Å². The highest BCUT2D eigenvalue weighted by molar-refractivity contribution is 6.74. The van der Waals surface area contributed by atoms with Crippen molar-refractivity contribution in [1.82, 2.24) is 0 Å². The Hall–Kier alpha value is -0.353. The van der Waals surface area contributed by atoms with Crippen LogP contribution in [0.1, 0.15) is 111 Å². The molecule has 0 radical (unpaired) electrons. The van der Waals surface area contributed by atoms with Crippen LogP contribution in [0.5, 0.6) is 0 Å². The van der Waals surface area contributed by atoms with Crippen molar-refractivity contribution in [1.29, 1.82) is 0 Å². The van der Waals surface area contributed by atoms with E-state index in [0.717, 1.165) is 12.8 Å². The van der Waals surface area contributed by atoms with Crippen molar-refractivity contribution in [2.75, 3.05) is 7.11 Å². The number of rotatable bonds is 16. The maximum atomic E-state index is 11.8. The molecule has 0 fully saturated rings. The number of unbranched alkanes of at least 4 members (excludes halogenated alkanes) is 10. The van der Waals surface area contributed by atoms with Gasteiger partial charge in [-0.25, -0.2) is 0 Å². The fourth-order valence-corrected chi connectivity index (χ4v) is 4.49. The fraction of sp³-hybridized carbons (Fsp3) is 0.957. The van der Waals surface area contributed by atoms with Gasteiger partial charge in [-0.05, 0) is 24.6 Å². The third-order valence-electron chi connectivity index (χ3n) is 6.02. The molecule has 0 aromatic heterocycles. The number of hydrogen-bond donors (Lipinski definition) is 0. The molecule has 1 atom stereocenters. The second kappa shape index (κ2) is 14.6. The lowest BCUT2D eigenvalue weighted by Crippen LogP contribution is -2.44. The molecule has 0 aromatic carbocycles. The summed E-state index contributed by atoms with van der Waals surface area (Å²) in [6, 6.07) is 0. The molecule has 0 amide bonds. The largest absolute Gasteiger partial charge is 0.469 e. The zero-order valence-corrected chi connectivity index (χ0v) is 20.5.